The molecule has 27 heavy (non-hydrogen) atoms. The third-order valence-electron chi connectivity index (χ3n) is 3.12. The molecule has 2 aromatic rings. The molecule has 0 spiro atoms. The molecule has 0 aliphatic carbocycles. The average molecular weight is 431 g/mol. The molecule has 5 nitrogen and oxygen atoms in total. The minimum atomic E-state index is -4.76. The Balaban J connectivity index is 2.18. The van der Waals surface area contributed by atoms with Crippen molar-refractivity contribution in [1.82, 2.24) is 4.57 Å². The van der Waals surface area contributed by atoms with E-state index in [0.717, 1.165) is 12.1 Å². The van der Waals surface area contributed by atoms with Crippen LogP contribution in [0.25, 0.3) is 0 Å². The summed E-state index contributed by atoms with van der Waals surface area (Å²) < 4.78 is 67.3. The number of hydrogen-bond donors (Lipinski definition) is 1. The van der Waals surface area contributed by atoms with Crippen LogP contribution in [0.15, 0.2) is 35.3 Å². The summed E-state index contributed by atoms with van der Waals surface area (Å²) in [6.07, 6.45) is -4.30. The minimum absolute atomic E-state index is 0.0535. The molecule has 0 fully saturated rings. The zero-order chi connectivity index (χ0) is 20.4. The van der Waals surface area contributed by atoms with Crippen molar-refractivity contribution in [3.63, 3.8) is 0 Å². The molecule has 146 valence electrons. The summed E-state index contributed by atoms with van der Waals surface area (Å²) in [6.45, 7) is -3.87. The van der Waals surface area contributed by atoms with E-state index in [9.17, 15) is 31.5 Å². The van der Waals surface area contributed by atoms with E-state index in [-0.39, 0.29) is 16.5 Å². The van der Waals surface area contributed by atoms with Crippen LogP contribution in [-0.4, -0.2) is 17.1 Å². The van der Waals surface area contributed by atoms with Crippen molar-refractivity contribution >= 4 is 34.8 Å². The molecule has 0 atom stereocenters. The summed E-state index contributed by atoms with van der Waals surface area (Å²) >= 11 is 11.2. The van der Waals surface area contributed by atoms with Crippen LogP contribution in [0.3, 0.4) is 0 Å². The fourth-order valence-electron chi connectivity index (χ4n) is 2.00. The molecule has 1 aromatic carbocycles. The van der Waals surface area contributed by atoms with Crippen LogP contribution in [0.4, 0.5) is 27.6 Å². The fraction of sp³-hybridized carbons (Fsp3) is 0.200. The first-order valence-electron chi connectivity index (χ1n) is 6.99. The molecule has 0 aliphatic heterocycles. The number of nitrogens with zero attached hydrogens (tertiary/aromatic N) is 1. The number of ether oxygens (including phenoxy) is 1. The van der Waals surface area contributed by atoms with Crippen LogP contribution in [0.5, 0.6) is 5.75 Å². The van der Waals surface area contributed by atoms with Crippen LogP contribution < -0.4 is 15.6 Å². The topological polar surface area (TPSA) is 60.3 Å². The quantitative estimate of drug-likeness (QED) is 0.714. The van der Waals surface area contributed by atoms with Crippen LogP contribution in [0.2, 0.25) is 10.0 Å². The van der Waals surface area contributed by atoms with Gasteiger partial charge < -0.3 is 14.6 Å². The Bertz CT molecular complexity index is 915. The summed E-state index contributed by atoms with van der Waals surface area (Å²) in [4.78, 5) is 23.8. The molecule has 1 aromatic heterocycles. The van der Waals surface area contributed by atoms with E-state index in [0.29, 0.717) is 16.8 Å². The van der Waals surface area contributed by atoms with Crippen LogP contribution in [0.1, 0.15) is 5.56 Å². The molecule has 0 unspecified atom stereocenters. The highest BCUT2D eigenvalue weighted by Gasteiger charge is 2.32. The predicted octanol–water partition coefficient (Wildman–Crippen LogP) is 4.41. The largest absolute Gasteiger partial charge is 0.433 e. The summed E-state index contributed by atoms with van der Waals surface area (Å²) in [6, 6.07) is 3.81. The van der Waals surface area contributed by atoms with Gasteiger partial charge in [-0.2, -0.15) is 22.0 Å². The molecule has 1 heterocycles. The van der Waals surface area contributed by atoms with E-state index in [4.69, 9.17) is 23.2 Å². The second-order valence-corrected chi connectivity index (χ2v) is 5.89. The smallest absolute Gasteiger partial charge is 0.417 e. The number of carbonyl (C=O) groups excluding carboxylic acids is 1. The normalized spacial score (nSPS) is 11.6. The SMILES string of the molecule is O=C(Cn1cc(C(F)(F)F)cc(Cl)c1=O)Nc1ccc(OC(F)F)c(Cl)c1. The van der Waals surface area contributed by atoms with E-state index in [1.807, 2.05) is 0 Å². The summed E-state index contributed by atoms with van der Waals surface area (Å²) in [7, 11) is 0. The van der Waals surface area contributed by atoms with Gasteiger partial charge in [-0.1, -0.05) is 23.2 Å². The third-order valence-corrected chi connectivity index (χ3v) is 3.68. The molecule has 12 heteroatoms. The zero-order valence-electron chi connectivity index (χ0n) is 13.0. The molecule has 0 bridgehead atoms. The van der Waals surface area contributed by atoms with Gasteiger partial charge in [-0.3, -0.25) is 9.59 Å². The van der Waals surface area contributed by atoms with E-state index >= 15 is 0 Å². The number of carbonyl (C=O) groups is 1. The Labute approximate surface area is 158 Å². The standard InChI is InChI=1S/C15H9Cl2F5N2O3/c16-9-4-8(1-2-11(9)27-14(18)19)23-12(25)6-24-5-7(15(20,21)22)3-10(17)13(24)26/h1-5,14H,6H2,(H,23,25). The minimum Gasteiger partial charge on any atom is -0.433 e. The van der Waals surface area contributed by atoms with Crippen molar-refractivity contribution in [2.45, 2.75) is 19.3 Å². The van der Waals surface area contributed by atoms with Gasteiger partial charge in [-0.05, 0) is 24.3 Å². The maximum Gasteiger partial charge on any atom is 0.417 e. The Morgan fingerprint density at radius 1 is 1.19 bits per heavy atom. The summed E-state index contributed by atoms with van der Waals surface area (Å²) in [5.74, 6) is -1.20. The lowest BCUT2D eigenvalue weighted by Crippen LogP contribution is -2.29. The molecule has 2 rings (SSSR count). The van der Waals surface area contributed by atoms with E-state index in [1.165, 1.54) is 6.07 Å². The number of halogens is 7. The van der Waals surface area contributed by atoms with Crippen molar-refractivity contribution in [3.05, 3.63) is 56.4 Å². The highest BCUT2D eigenvalue weighted by molar-refractivity contribution is 6.32. The number of pyridine rings is 1. The molecular formula is C15H9Cl2F5N2O3. The van der Waals surface area contributed by atoms with Crippen LogP contribution >= 0.6 is 23.2 Å². The zero-order valence-corrected chi connectivity index (χ0v) is 14.5. The molecule has 0 saturated carbocycles. The summed E-state index contributed by atoms with van der Waals surface area (Å²) in [5.41, 5.74) is -2.13. The third kappa shape index (κ3) is 5.57. The van der Waals surface area contributed by atoms with Crippen LogP contribution in [0, 0.1) is 0 Å². The Morgan fingerprint density at radius 2 is 1.85 bits per heavy atom. The lowest BCUT2D eigenvalue weighted by molar-refractivity contribution is -0.138. The number of rotatable bonds is 5. The number of amides is 1. The van der Waals surface area contributed by atoms with E-state index in [1.54, 1.807) is 0 Å². The van der Waals surface area contributed by atoms with Gasteiger partial charge in [0, 0.05) is 11.9 Å². The van der Waals surface area contributed by atoms with Gasteiger partial charge in [0.15, 0.2) is 0 Å². The number of hydrogen-bond acceptors (Lipinski definition) is 3. The average Bonchev–Trinajstić information content (AvgIpc) is 2.53. The second kappa shape index (κ2) is 8.13. The Hall–Kier alpha value is -2.33. The highest BCUT2D eigenvalue weighted by Crippen LogP contribution is 2.30. The monoisotopic (exact) mass is 430 g/mol. The summed E-state index contributed by atoms with van der Waals surface area (Å²) in [5, 5.41) is 1.34. The molecule has 0 saturated heterocycles. The number of anilines is 1. The van der Waals surface area contributed by atoms with Crippen molar-refractivity contribution in [2.24, 2.45) is 0 Å². The first kappa shape index (κ1) is 21.0. The number of aromatic nitrogens is 1. The van der Waals surface area contributed by atoms with Gasteiger partial charge in [-0.15, -0.1) is 0 Å². The molecular weight excluding hydrogens is 422 g/mol. The maximum absolute atomic E-state index is 12.8. The van der Waals surface area contributed by atoms with Crippen molar-refractivity contribution in [3.8, 4) is 5.75 Å². The van der Waals surface area contributed by atoms with Gasteiger partial charge in [0.05, 0.1) is 10.6 Å². The lowest BCUT2D eigenvalue weighted by atomic mass is 10.2. The fourth-order valence-corrected chi connectivity index (χ4v) is 2.45. The number of alkyl halides is 5. The van der Waals surface area contributed by atoms with Gasteiger partial charge in [0.2, 0.25) is 5.91 Å². The first-order valence-corrected chi connectivity index (χ1v) is 7.74. The number of benzene rings is 1. The first-order chi connectivity index (χ1) is 12.5. The molecule has 1 N–H and O–H groups in total. The molecule has 0 radical (unpaired) electrons. The second-order valence-electron chi connectivity index (χ2n) is 5.08. The lowest BCUT2D eigenvalue weighted by Gasteiger charge is -2.13. The Kier molecular flexibility index (Phi) is 6.32. The molecule has 1 amide bonds. The van der Waals surface area contributed by atoms with Gasteiger partial charge in [0.1, 0.15) is 17.3 Å². The van der Waals surface area contributed by atoms with Gasteiger partial charge in [0.25, 0.3) is 5.56 Å². The van der Waals surface area contributed by atoms with Gasteiger partial charge >= 0.3 is 12.8 Å². The van der Waals surface area contributed by atoms with Gasteiger partial charge in [-0.25, -0.2) is 0 Å². The van der Waals surface area contributed by atoms with Crippen molar-refractivity contribution < 1.29 is 31.5 Å². The van der Waals surface area contributed by atoms with Crippen LogP contribution in [-0.2, 0) is 17.5 Å². The predicted molar refractivity (Wildman–Crippen MR) is 87.4 cm³/mol. The maximum atomic E-state index is 12.8. The molecule has 0 aliphatic rings. The van der Waals surface area contributed by atoms with Crippen molar-refractivity contribution in [2.75, 3.05) is 5.32 Å². The Morgan fingerprint density at radius 3 is 2.41 bits per heavy atom. The van der Waals surface area contributed by atoms with E-state index < -0.39 is 41.4 Å². The highest BCUT2D eigenvalue weighted by atomic mass is 35.5. The van der Waals surface area contributed by atoms with E-state index in [2.05, 4.69) is 10.1 Å². The van der Waals surface area contributed by atoms with Crippen molar-refractivity contribution in [1.29, 1.82) is 0 Å². The number of nitrogens with one attached hydrogen (secondary N) is 1.